The first kappa shape index (κ1) is 22.3. The third-order valence-electron chi connectivity index (χ3n) is 5.89. The number of carbonyl (C=O) groups is 2. The molecule has 170 valence electrons. The van der Waals surface area contributed by atoms with E-state index in [0.29, 0.717) is 22.8 Å². The van der Waals surface area contributed by atoms with Crippen LogP contribution in [0.1, 0.15) is 21.6 Å². The van der Waals surface area contributed by atoms with Crippen molar-refractivity contribution in [1.29, 1.82) is 0 Å². The Balaban J connectivity index is 1.36. The van der Waals surface area contributed by atoms with E-state index < -0.39 is 0 Å². The zero-order chi connectivity index (χ0) is 23.7. The normalized spacial score (nSPS) is 12.5. The molecule has 1 N–H and O–H groups in total. The van der Waals surface area contributed by atoms with Gasteiger partial charge in [-0.2, -0.15) is 0 Å². The molecular weight excluding hydrogens is 469 g/mol. The number of hydrogen-bond donors (Lipinski definition) is 1. The number of rotatable bonds is 4. The van der Waals surface area contributed by atoms with Crippen molar-refractivity contribution in [2.24, 2.45) is 0 Å². The molecule has 3 aromatic carbocycles. The van der Waals surface area contributed by atoms with E-state index in [9.17, 15) is 9.59 Å². The van der Waals surface area contributed by atoms with E-state index in [4.69, 9.17) is 23.2 Å². The average Bonchev–Trinajstić information content (AvgIpc) is 3.23. The molecule has 0 radical (unpaired) electrons. The number of benzene rings is 3. The molecular formula is C27H21Cl2N3O2. The van der Waals surface area contributed by atoms with Gasteiger partial charge in [0.05, 0.1) is 28.4 Å². The van der Waals surface area contributed by atoms with Crippen LogP contribution < -0.4 is 10.2 Å². The van der Waals surface area contributed by atoms with E-state index in [0.717, 1.165) is 29.1 Å². The number of carbonyl (C=O) groups excluding carboxylic acids is 2. The smallest absolute Gasteiger partial charge is 0.259 e. The molecule has 0 fully saturated rings. The fourth-order valence-corrected chi connectivity index (χ4v) is 4.70. The number of fused-ring (bicyclic) bond motifs is 3. The third-order valence-corrected chi connectivity index (χ3v) is 6.58. The SMILES string of the molecule is O=C(Cc1ccccc1Cl)Nc1ccc(C(=O)N2CCc3cccn3-c3ccccc32)c(Cl)c1. The minimum Gasteiger partial charge on any atom is -0.326 e. The molecule has 2 amide bonds. The summed E-state index contributed by atoms with van der Waals surface area (Å²) in [6.45, 7) is 0.534. The topological polar surface area (TPSA) is 54.3 Å². The predicted molar refractivity (Wildman–Crippen MR) is 136 cm³/mol. The van der Waals surface area contributed by atoms with Gasteiger partial charge in [0.1, 0.15) is 0 Å². The highest BCUT2D eigenvalue weighted by Gasteiger charge is 2.26. The molecule has 0 spiro atoms. The van der Waals surface area contributed by atoms with Crippen molar-refractivity contribution in [3.05, 3.63) is 112 Å². The van der Waals surface area contributed by atoms with Crippen LogP contribution in [0.3, 0.4) is 0 Å². The third kappa shape index (κ3) is 4.32. The van der Waals surface area contributed by atoms with Crippen molar-refractivity contribution in [3.8, 4) is 5.69 Å². The fraction of sp³-hybridized carbons (Fsp3) is 0.111. The van der Waals surface area contributed by atoms with Crippen LogP contribution in [-0.2, 0) is 17.6 Å². The molecule has 1 aromatic heterocycles. The predicted octanol–water partition coefficient (Wildman–Crippen LogP) is 6.17. The number of hydrogen-bond acceptors (Lipinski definition) is 2. The van der Waals surface area contributed by atoms with E-state index in [2.05, 4.69) is 16.0 Å². The average molecular weight is 490 g/mol. The summed E-state index contributed by atoms with van der Waals surface area (Å²) in [6.07, 6.45) is 2.87. The molecule has 0 aliphatic carbocycles. The monoisotopic (exact) mass is 489 g/mol. The lowest BCUT2D eigenvalue weighted by Crippen LogP contribution is -2.32. The van der Waals surface area contributed by atoms with Gasteiger partial charge in [-0.05, 0) is 54.1 Å². The summed E-state index contributed by atoms with van der Waals surface area (Å²) in [6, 6.07) is 24.1. The maximum absolute atomic E-state index is 13.6. The lowest BCUT2D eigenvalue weighted by Gasteiger charge is -2.23. The highest BCUT2D eigenvalue weighted by Crippen LogP contribution is 2.32. The Hall–Kier alpha value is -3.54. The maximum atomic E-state index is 13.6. The van der Waals surface area contributed by atoms with Crippen molar-refractivity contribution in [2.45, 2.75) is 12.8 Å². The van der Waals surface area contributed by atoms with Crippen LogP contribution in [-0.4, -0.2) is 22.9 Å². The standard InChI is InChI=1S/C27H21Cl2N3O2/c28-22-8-2-1-6-18(22)16-26(33)30-19-11-12-21(23(29)17-19)27(34)32-15-13-20-7-5-14-31(20)24-9-3-4-10-25(24)32/h1-12,14,17H,13,15-16H2,(H,30,33). The van der Waals surface area contributed by atoms with Gasteiger partial charge in [0.15, 0.2) is 0 Å². The number of nitrogens with one attached hydrogen (secondary N) is 1. The summed E-state index contributed by atoms with van der Waals surface area (Å²) < 4.78 is 2.11. The van der Waals surface area contributed by atoms with Crippen molar-refractivity contribution >= 4 is 46.4 Å². The molecule has 0 saturated carbocycles. The molecule has 4 aromatic rings. The van der Waals surface area contributed by atoms with Crippen LogP contribution >= 0.6 is 23.2 Å². The number of anilines is 2. The van der Waals surface area contributed by atoms with E-state index in [1.54, 1.807) is 29.2 Å². The Morgan fingerprint density at radius 1 is 0.853 bits per heavy atom. The quantitative estimate of drug-likeness (QED) is 0.372. The van der Waals surface area contributed by atoms with Crippen LogP contribution in [0.15, 0.2) is 85.1 Å². The van der Waals surface area contributed by atoms with E-state index >= 15 is 0 Å². The maximum Gasteiger partial charge on any atom is 0.259 e. The Morgan fingerprint density at radius 2 is 1.62 bits per heavy atom. The highest BCUT2D eigenvalue weighted by molar-refractivity contribution is 6.35. The summed E-state index contributed by atoms with van der Waals surface area (Å²) in [5, 5.41) is 3.65. The molecule has 0 saturated heterocycles. The van der Waals surface area contributed by atoms with E-state index in [-0.39, 0.29) is 23.3 Å². The molecule has 0 atom stereocenters. The van der Waals surface area contributed by atoms with E-state index in [1.807, 2.05) is 54.7 Å². The van der Waals surface area contributed by atoms with Gasteiger partial charge < -0.3 is 14.8 Å². The summed E-state index contributed by atoms with van der Waals surface area (Å²) in [5.41, 5.74) is 4.57. The zero-order valence-corrected chi connectivity index (χ0v) is 19.7. The van der Waals surface area contributed by atoms with Gasteiger partial charge in [-0.25, -0.2) is 0 Å². The Kier molecular flexibility index (Phi) is 6.14. The molecule has 1 aliphatic heterocycles. The Morgan fingerprint density at radius 3 is 2.41 bits per heavy atom. The molecule has 7 heteroatoms. The molecule has 34 heavy (non-hydrogen) atoms. The van der Waals surface area contributed by atoms with E-state index in [1.165, 1.54) is 0 Å². The summed E-state index contributed by atoms with van der Waals surface area (Å²) >= 11 is 12.7. The molecule has 5 nitrogen and oxygen atoms in total. The number of aromatic nitrogens is 1. The van der Waals surface area contributed by atoms with Gasteiger partial charge in [-0.1, -0.05) is 53.5 Å². The fourth-order valence-electron chi connectivity index (χ4n) is 4.24. The second-order valence-corrected chi connectivity index (χ2v) is 8.89. The first-order chi connectivity index (χ1) is 16.5. The molecule has 5 rings (SSSR count). The van der Waals surface area contributed by atoms with Gasteiger partial charge in [0, 0.05) is 35.6 Å². The van der Waals surface area contributed by atoms with Crippen LogP contribution in [0.4, 0.5) is 11.4 Å². The molecule has 1 aliphatic rings. The summed E-state index contributed by atoms with van der Waals surface area (Å²) in [4.78, 5) is 27.8. The lowest BCUT2D eigenvalue weighted by molar-refractivity contribution is -0.115. The van der Waals surface area contributed by atoms with Crippen molar-refractivity contribution in [2.75, 3.05) is 16.8 Å². The highest BCUT2D eigenvalue weighted by atomic mass is 35.5. The summed E-state index contributed by atoms with van der Waals surface area (Å²) in [5.74, 6) is -0.399. The Labute approximate surface area is 207 Å². The van der Waals surface area contributed by atoms with Gasteiger partial charge >= 0.3 is 0 Å². The summed E-state index contributed by atoms with van der Waals surface area (Å²) in [7, 11) is 0. The zero-order valence-electron chi connectivity index (χ0n) is 18.2. The Bertz CT molecular complexity index is 1400. The first-order valence-corrected chi connectivity index (χ1v) is 11.7. The number of nitrogens with zero attached hydrogens (tertiary/aromatic N) is 2. The van der Waals surface area contributed by atoms with Crippen molar-refractivity contribution in [1.82, 2.24) is 4.57 Å². The van der Waals surface area contributed by atoms with Gasteiger partial charge in [-0.15, -0.1) is 0 Å². The second-order valence-electron chi connectivity index (χ2n) is 8.08. The van der Waals surface area contributed by atoms with Crippen molar-refractivity contribution < 1.29 is 9.59 Å². The van der Waals surface area contributed by atoms with Gasteiger partial charge in [0.2, 0.25) is 5.91 Å². The number of para-hydroxylation sites is 2. The van der Waals surface area contributed by atoms with Crippen LogP contribution in [0.5, 0.6) is 0 Å². The molecule has 2 heterocycles. The molecule has 0 unspecified atom stereocenters. The number of halogens is 2. The van der Waals surface area contributed by atoms with Crippen LogP contribution in [0, 0.1) is 0 Å². The van der Waals surface area contributed by atoms with Gasteiger partial charge in [0.25, 0.3) is 5.91 Å². The minimum atomic E-state index is -0.216. The minimum absolute atomic E-state index is 0.142. The van der Waals surface area contributed by atoms with Crippen LogP contribution in [0.2, 0.25) is 10.0 Å². The second kappa shape index (κ2) is 9.37. The van der Waals surface area contributed by atoms with Gasteiger partial charge in [-0.3, -0.25) is 9.59 Å². The van der Waals surface area contributed by atoms with Crippen LogP contribution in [0.25, 0.3) is 5.69 Å². The lowest BCUT2D eigenvalue weighted by atomic mass is 10.1. The molecule has 0 bridgehead atoms. The largest absolute Gasteiger partial charge is 0.326 e. The number of amides is 2. The van der Waals surface area contributed by atoms with Crippen molar-refractivity contribution in [3.63, 3.8) is 0 Å². The first-order valence-electron chi connectivity index (χ1n) is 10.9.